The van der Waals surface area contributed by atoms with E-state index < -0.39 is 0 Å². The summed E-state index contributed by atoms with van der Waals surface area (Å²) in [6.07, 6.45) is 2.03. The van der Waals surface area contributed by atoms with Crippen LogP contribution in [0.3, 0.4) is 0 Å². The van der Waals surface area contributed by atoms with Crippen molar-refractivity contribution in [2.45, 2.75) is 25.8 Å². The van der Waals surface area contributed by atoms with Crippen molar-refractivity contribution < 1.29 is 19.0 Å². The first-order chi connectivity index (χ1) is 11.0. The minimum atomic E-state index is -0.0619. The topological polar surface area (TPSA) is 74.0 Å². The number of ether oxygens (including phenoxy) is 3. The van der Waals surface area contributed by atoms with E-state index in [-0.39, 0.29) is 11.9 Å². The molecule has 1 saturated heterocycles. The Balaban J connectivity index is 2.32. The number of hydrogen-bond donors (Lipinski definition) is 1. The van der Waals surface area contributed by atoms with Gasteiger partial charge in [0, 0.05) is 19.1 Å². The van der Waals surface area contributed by atoms with Gasteiger partial charge in [-0.1, -0.05) is 0 Å². The number of piperidine rings is 1. The second-order valence-corrected chi connectivity index (χ2v) is 5.89. The third-order valence-corrected chi connectivity index (χ3v) is 4.42. The molecule has 128 valence electrons. The Kier molecular flexibility index (Phi) is 5.71. The first kappa shape index (κ1) is 17.4. The molecule has 2 rings (SSSR count). The summed E-state index contributed by atoms with van der Waals surface area (Å²) in [6, 6.07) is 3.53. The van der Waals surface area contributed by atoms with Gasteiger partial charge in [-0.15, -0.1) is 0 Å². The number of amides is 1. The molecule has 0 aliphatic carbocycles. The van der Waals surface area contributed by atoms with Crippen LogP contribution in [0.1, 0.15) is 30.1 Å². The van der Waals surface area contributed by atoms with Crippen LogP contribution in [0.15, 0.2) is 12.1 Å². The molecule has 0 spiro atoms. The van der Waals surface area contributed by atoms with E-state index in [1.165, 1.54) is 14.2 Å². The monoisotopic (exact) mass is 322 g/mol. The number of benzene rings is 1. The Hall–Kier alpha value is -1.95. The van der Waals surface area contributed by atoms with Crippen molar-refractivity contribution in [3.8, 4) is 17.2 Å². The maximum Gasteiger partial charge on any atom is 0.257 e. The highest BCUT2D eigenvalue weighted by Gasteiger charge is 2.29. The van der Waals surface area contributed by atoms with Gasteiger partial charge in [-0.2, -0.15) is 0 Å². The molecule has 2 N–H and O–H groups in total. The standard InChI is InChI=1S/C17H26N2O4/c1-11(18)12-6-5-9-19(10-12)17(20)13-7-8-14(21-2)16(23-4)15(13)22-3/h7-8,11-12H,5-6,9-10,18H2,1-4H3. The molecule has 0 saturated carbocycles. The zero-order valence-corrected chi connectivity index (χ0v) is 14.3. The van der Waals surface area contributed by atoms with Crippen molar-refractivity contribution in [1.29, 1.82) is 0 Å². The van der Waals surface area contributed by atoms with Crippen LogP contribution in [0.4, 0.5) is 0 Å². The molecule has 0 bridgehead atoms. The van der Waals surface area contributed by atoms with Gasteiger partial charge in [0.15, 0.2) is 11.5 Å². The molecule has 23 heavy (non-hydrogen) atoms. The van der Waals surface area contributed by atoms with Crippen LogP contribution in [0.25, 0.3) is 0 Å². The summed E-state index contributed by atoms with van der Waals surface area (Å²) in [5, 5.41) is 0. The van der Waals surface area contributed by atoms with Gasteiger partial charge in [-0.25, -0.2) is 0 Å². The van der Waals surface area contributed by atoms with Crippen LogP contribution in [0, 0.1) is 5.92 Å². The van der Waals surface area contributed by atoms with Gasteiger partial charge in [0.05, 0.1) is 26.9 Å². The lowest BCUT2D eigenvalue weighted by molar-refractivity contribution is 0.0657. The lowest BCUT2D eigenvalue weighted by Crippen LogP contribution is -2.45. The van der Waals surface area contributed by atoms with Crippen molar-refractivity contribution >= 4 is 5.91 Å². The second-order valence-electron chi connectivity index (χ2n) is 5.89. The molecule has 6 nitrogen and oxygen atoms in total. The number of nitrogens with zero attached hydrogens (tertiary/aromatic N) is 1. The summed E-state index contributed by atoms with van der Waals surface area (Å²) in [7, 11) is 4.60. The second kappa shape index (κ2) is 7.55. The van der Waals surface area contributed by atoms with Crippen LogP contribution in [0.5, 0.6) is 17.2 Å². The van der Waals surface area contributed by atoms with E-state index in [4.69, 9.17) is 19.9 Å². The van der Waals surface area contributed by atoms with Crippen LogP contribution in [-0.4, -0.2) is 51.3 Å². The van der Waals surface area contributed by atoms with E-state index in [1.807, 2.05) is 11.8 Å². The first-order valence-corrected chi connectivity index (χ1v) is 7.87. The Morgan fingerprint density at radius 1 is 1.22 bits per heavy atom. The molecule has 0 radical (unpaired) electrons. The molecule has 1 fully saturated rings. The predicted molar refractivity (Wildman–Crippen MR) is 88.4 cm³/mol. The Morgan fingerprint density at radius 2 is 1.91 bits per heavy atom. The highest BCUT2D eigenvalue weighted by Crippen LogP contribution is 2.40. The predicted octanol–water partition coefficient (Wildman–Crippen LogP) is 1.91. The molecule has 1 aliphatic rings. The van der Waals surface area contributed by atoms with Gasteiger partial charge in [0.2, 0.25) is 5.75 Å². The van der Waals surface area contributed by atoms with E-state index in [2.05, 4.69) is 0 Å². The maximum atomic E-state index is 12.9. The minimum absolute atomic E-state index is 0.0619. The average Bonchev–Trinajstić information content (AvgIpc) is 2.59. The number of likely N-dealkylation sites (tertiary alicyclic amines) is 1. The van der Waals surface area contributed by atoms with E-state index in [0.717, 1.165) is 19.4 Å². The Bertz CT molecular complexity index is 560. The summed E-state index contributed by atoms with van der Waals surface area (Å²) in [6.45, 7) is 3.41. The molecule has 2 atom stereocenters. The van der Waals surface area contributed by atoms with E-state index in [0.29, 0.717) is 35.3 Å². The molecule has 1 aliphatic heterocycles. The zero-order chi connectivity index (χ0) is 17.0. The maximum absolute atomic E-state index is 12.9. The molecule has 0 aromatic heterocycles. The Labute approximate surface area is 137 Å². The Morgan fingerprint density at radius 3 is 2.48 bits per heavy atom. The normalized spacial score (nSPS) is 19.2. The van der Waals surface area contributed by atoms with Gasteiger partial charge in [0.25, 0.3) is 5.91 Å². The van der Waals surface area contributed by atoms with E-state index >= 15 is 0 Å². The van der Waals surface area contributed by atoms with Crippen LogP contribution in [-0.2, 0) is 0 Å². The fraction of sp³-hybridized carbons (Fsp3) is 0.588. The molecule has 6 heteroatoms. The third-order valence-electron chi connectivity index (χ3n) is 4.42. The fourth-order valence-corrected chi connectivity index (χ4v) is 3.06. The third kappa shape index (κ3) is 3.52. The van der Waals surface area contributed by atoms with Crippen LogP contribution < -0.4 is 19.9 Å². The average molecular weight is 322 g/mol. The largest absolute Gasteiger partial charge is 0.493 e. The molecule has 1 aromatic rings. The van der Waals surface area contributed by atoms with Crippen molar-refractivity contribution in [2.24, 2.45) is 11.7 Å². The molecule has 1 heterocycles. The number of rotatable bonds is 5. The summed E-state index contributed by atoms with van der Waals surface area (Å²) >= 11 is 0. The van der Waals surface area contributed by atoms with Gasteiger partial charge in [-0.3, -0.25) is 4.79 Å². The number of carbonyl (C=O) groups excluding carboxylic acids is 1. The molecule has 1 amide bonds. The van der Waals surface area contributed by atoms with Crippen molar-refractivity contribution in [2.75, 3.05) is 34.4 Å². The molecule has 2 unspecified atom stereocenters. The number of methoxy groups -OCH3 is 3. The molecular formula is C17H26N2O4. The summed E-state index contributed by atoms with van der Waals surface area (Å²) in [5.74, 6) is 1.64. The highest BCUT2D eigenvalue weighted by atomic mass is 16.5. The summed E-state index contributed by atoms with van der Waals surface area (Å²) in [5.41, 5.74) is 6.49. The first-order valence-electron chi connectivity index (χ1n) is 7.87. The van der Waals surface area contributed by atoms with Gasteiger partial charge in [-0.05, 0) is 37.8 Å². The number of hydrogen-bond acceptors (Lipinski definition) is 5. The van der Waals surface area contributed by atoms with Crippen molar-refractivity contribution in [3.05, 3.63) is 17.7 Å². The SMILES string of the molecule is COc1ccc(C(=O)N2CCCC(C(C)N)C2)c(OC)c1OC. The molecule has 1 aromatic carbocycles. The van der Waals surface area contributed by atoms with Crippen molar-refractivity contribution in [1.82, 2.24) is 4.90 Å². The number of carbonyl (C=O) groups is 1. The quantitative estimate of drug-likeness (QED) is 0.896. The fourth-order valence-electron chi connectivity index (χ4n) is 3.06. The lowest BCUT2D eigenvalue weighted by Gasteiger charge is -2.35. The summed E-state index contributed by atoms with van der Waals surface area (Å²) < 4.78 is 16.0. The van der Waals surface area contributed by atoms with Crippen LogP contribution in [0.2, 0.25) is 0 Å². The zero-order valence-electron chi connectivity index (χ0n) is 14.3. The van der Waals surface area contributed by atoms with E-state index in [1.54, 1.807) is 19.2 Å². The molecular weight excluding hydrogens is 296 g/mol. The van der Waals surface area contributed by atoms with E-state index in [9.17, 15) is 4.79 Å². The number of nitrogens with two attached hydrogens (primary N) is 1. The van der Waals surface area contributed by atoms with Gasteiger partial charge < -0.3 is 24.8 Å². The minimum Gasteiger partial charge on any atom is -0.493 e. The van der Waals surface area contributed by atoms with Crippen LogP contribution >= 0.6 is 0 Å². The lowest BCUT2D eigenvalue weighted by atomic mass is 9.92. The smallest absolute Gasteiger partial charge is 0.257 e. The van der Waals surface area contributed by atoms with Gasteiger partial charge in [0.1, 0.15) is 0 Å². The highest BCUT2D eigenvalue weighted by molar-refractivity contribution is 5.98. The van der Waals surface area contributed by atoms with Gasteiger partial charge >= 0.3 is 0 Å². The summed E-state index contributed by atoms with van der Waals surface area (Å²) in [4.78, 5) is 14.8. The van der Waals surface area contributed by atoms with Crippen molar-refractivity contribution in [3.63, 3.8) is 0 Å².